The van der Waals surface area contributed by atoms with E-state index in [9.17, 15) is 9.35 Å². The van der Waals surface area contributed by atoms with Gasteiger partial charge < -0.3 is 9.29 Å². The fourth-order valence-corrected chi connectivity index (χ4v) is 3.86. The summed E-state index contributed by atoms with van der Waals surface area (Å²) in [5.41, 5.74) is 1.11. The molecule has 0 radical (unpaired) electrons. The van der Waals surface area contributed by atoms with Gasteiger partial charge in [-0.15, -0.1) is 4.72 Å². The number of nitrogens with one attached hydrogen (secondary N) is 1. The molecule has 1 N–H and O–H groups in total. The Morgan fingerprint density at radius 3 is 2.64 bits per heavy atom. The fourth-order valence-electron chi connectivity index (χ4n) is 2.94. The van der Waals surface area contributed by atoms with Gasteiger partial charge in [-0.1, -0.05) is 25.2 Å². The molecule has 0 saturated heterocycles. The highest BCUT2D eigenvalue weighted by atomic mass is 32.2. The summed E-state index contributed by atoms with van der Waals surface area (Å²) in [6.45, 7) is 10.5. The van der Waals surface area contributed by atoms with Crippen LogP contribution in [0.4, 0.5) is 0 Å². The van der Waals surface area contributed by atoms with Gasteiger partial charge >= 0.3 is 5.97 Å². The number of esters is 1. The lowest BCUT2D eigenvalue weighted by atomic mass is 9.86. The molecular formula is C20H33NO3S. The van der Waals surface area contributed by atoms with Gasteiger partial charge in [0, 0.05) is 17.3 Å². The second-order valence-electron chi connectivity index (χ2n) is 8.59. The molecule has 0 aromatic heterocycles. The number of rotatable bonds is 8. The first-order chi connectivity index (χ1) is 11.6. The van der Waals surface area contributed by atoms with Gasteiger partial charge in [0.05, 0.1) is 18.2 Å². The number of ether oxygens (including phenoxy) is 1. The maximum Gasteiger partial charge on any atom is 0.337 e. The monoisotopic (exact) mass is 367 g/mol. The molecule has 2 aliphatic carbocycles. The van der Waals surface area contributed by atoms with Gasteiger partial charge in [-0.2, -0.15) is 0 Å². The molecule has 3 atom stereocenters. The third-order valence-corrected chi connectivity index (χ3v) is 6.77. The SMILES string of the molecule is CCOC(=O)C1=CCC([C@@H](CCC2(C)CC2)N[S+]([O-])C(C)(C)C)C=C1. The smallest absolute Gasteiger partial charge is 0.337 e. The maximum atomic E-state index is 12.6. The van der Waals surface area contributed by atoms with Crippen LogP contribution in [0, 0.1) is 11.3 Å². The van der Waals surface area contributed by atoms with Crippen LogP contribution in [-0.2, 0) is 20.9 Å². The lowest BCUT2D eigenvalue weighted by molar-refractivity contribution is -0.138. The Morgan fingerprint density at radius 2 is 2.16 bits per heavy atom. The van der Waals surface area contributed by atoms with Gasteiger partial charge in [0.15, 0.2) is 0 Å². The summed E-state index contributed by atoms with van der Waals surface area (Å²) in [5, 5.41) is 0. The molecule has 0 aromatic rings. The van der Waals surface area contributed by atoms with Crippen molar-refractivity contribution in [3.8, 4) is 0 Å². The predicted molar refractivity (Wildman–Crippen MR) is 103 cm³/mol. The molecule has 0 aliphatic heterocycles. The lowest BCUT2D eigenvalue weighted by Crippen LogP contribution is -2.47. The third kappa shape index (κ3) is 6.15. The minimum atomic E-state index is -1.09. The summed E-state index contributed by atoms with van der Waals surface area (Å²) in [6, 6.07) is 0.161. The van der Waals surface area contributed by atoms with E-state index in [1.807, 2.05) is 39.8 Å². The highest BCUT2D eigenvalue weighted by Gasteiger charge is 2.39. The molecule has 4 nitrogen and oxygen atoms in total. The number of carbonyl (C=O) groups is 1. The first kappa shape index (κ1) is 20.5. The van der Waals surface area contributed by atoms with Crippen LogP contribution in [0.1, 0.15) is 66.7 Å². The molecule has 0 amide bonds. The lowest BCUT2D eigenvalue weighted by Gasteiger charge is -2.32. The van der Waals surface area contributed by atoms with Gasteiger partial charge in [0.1, 0.15) is 4.75 Å². The van der Waals surface area contributed by atoms with Crippen molar-refractivity contribution in [2.75, 3.05) is 6.61 Å². The van der Waals surface area contributed by atoms with Gasteiger partial charge in [0.2, 0.25) is 0 Å². The van der Waals surface area contributed by atoms with Gasteiger partial charge in [-0.25, -0.2) is 4.79 Å². The minimum Gasteiger partial charge on any atom is -0.598 e. The van der Waals surface area contributed by atoms with Gasteiger partial charge in [0.25, 0.3) is 0 Å². The Balaban J connectivity index is 2.00. The number of carbonyl (C=O) groups excluding carboxylic acids is 1. The summed E-state index contributed by atoms with van der Waals surface area (Å²) in [4.78, 5) is 11.8. The zero-order valence-corrected chi connectivity index (χ0v) is 17.1. The largest absolute Gasteiger partial charge is 0.598 e. The molecule has 0 aromatic carbocycles. The Morgan fingerprint density at radius 1 is 1.48 bits per heavy atom. The molecule has 0 spiro atoms. The minimum absolute atomic E-state index is 0.161. The molecule has 2 rings (SSSR count). The van der Waals surface area contributed by atoms with Crippen LogP contribution >= 0.6 is 0 Å². The van der Waals surface area contributed by atoms with Crippen LogP contribution in [0.2, 0.25) is 0 Å². The van der Waals surface area contributed by atoms with E-state index in [0.717, 1.165) is 19.3 Å². The zero-order chi connectivity index (χ0) is 18.7. The van der Waals surface area contributed by atoms with E-state index in [-0.39, 0.29) is 22.7 Å². The molecule has 142 valence electrons. The van der Waals surface area contributed by atoms with Crippen molar-refractivity contribution in [1.29, 1.82) is 0 Å². The first-order valence-electron chi connectivity index (χ1n) is 9.38. The van der Waals surface area contributed by atoms with E-state index in [0.29, 0.717) is 17.6 Å². The second-order valence-corrected chi connectivity index (χ2v) is 10.6. The van der Waals surface area contributed by atoms with Crippen LogP contribution in [0.3, 0.4) is 0 Å². The zero-order valence-electron chi connectivity index (χ0n) is 16.3. The number of hydrogen-bond donors (Lipinski definition) is 1. The van der Waals surface area contributed by atoms with E-state index in [4.69, 9.17) is 4.74 Å². The number of hydrogen-bond acceptors (Lipinski definition) is 4. The van der Waals surface area contributed by atoms with E-state index >= 15 is 0 Å². The quantitative estimate of drug-likeness (QED) is 0.519. The van der Waals surface area contributed by atoms with E-state index in [2.05, 4.69) is 17.7 Å². The number of allylic oxidation sites excluding steroid dienone is 1. The fraction of sp³-hybridized carbons (Fsp3) is 0.750. The van der Waals surface area contributed by atoms with Crippen LogP contribution in [-0.4, -0.2) is 27.9 Å². The van der Waals surface area contributed by atoms with Crippen LogP contribution in [0.15, 0.2) is 23.8 Å². The molecule has 25 heavy (non-hydrogen) atoms. The molecule has 1 saturated carbocycles. The summed E-state index contributed by atoms with van der Waals surface area (Å²) < 4.78 is 20.8. The van der Waals surface area contributed by atoms with Crippen LogP contribution < -0.4 is 4.72 Å². The summed E-state index contributed by atoms with van der Waals surface area (Å²) >= 11 is -1.09. The van der Waals surface area contributed by atoms with Crippen LogP contribution in [0.5, 0.6) is 0 Å². The Kier molecular flexibility index (Phi) is 6.80. The Labute approximate surface area is 155 Å². The average Bonchev–Trinajstić information content (AvgIpc) is 3.28. The van der Waals surface area contributed by atoms with Crippen molar-refractivity contribution < 1.29 is 14.1 Å². The van der Waals surface area contributed by atoms with Crippen molar-refractivity contribution in [2.45, 2.75) is 77.5 Å². The third-order valence-electron chi connectivity index (χ3n) is 5.14. The normalized spacial score (nSPS) is 24.4. The van der Waals surface area contributed by atoms with Crippen molar-refractivity contribution in [1.82, 2.24) is 4.72 Å². The molecule has 2 unspecified atom stereocenters. The highest BCUT2D eigenvalue weighted by molar-refractivity contribution is 7.90. The topological polar surface area (TPSA) is 61.4 Å². The molecule has 5 heteroatoms. The molecular weight excluding hydrogens is 334 g/mol. The van der Waals surface area contributed by atoms with E-state index in [1.54, 1.807) is 0 Å². The van der Waals surface area contributed by atoms with E-state index < -0.39 is 11.4 Å². The standard InChI is InChI=1S/C20H33NO3S/c1-6-24-18(22)16-9-7-15(8-10-16)17(11-12-20(5)13-14-20)21-25(23)19(2,3)4/h7,9-10,15,17,21H,6,8,11-14H2,1-5H3/t15?,17-,25?/m1/s1. The van der Waals surface area contributed by atoms with Gasteiger partial charge in [-0.3, -0.25) is 0 Å². The van der Waals surface area contributed by atoms with Crippen molar-refractivity contribution in [3.05, 3.63) is 23.8 Å². The molecule has 0 bridgehead atoms. The van der Waals surface area contributed by atoms with Crippen molar-refractivity contribution in [3.63, 3.8) is 0 Å². The second kappa shape index (κ2) is 8.28. The summed E-state index contributed by atoms with van der Waals surface area (Å²) in [6.07, 6.45) is 11.4. The predicted octanol–water partition coefficient (Wildman–Crippen LogP) is 4.05. The molecule has 1 fully saturated rings. The summed E-state index contributed by atoms with van der Waals surface area (Å²) in [5.74, 6) is -0.00250. The highest BCUT2D eigenvalue weighted by Crippen LogP contribution is 2.49. The Hall–Kier alpha value is -0.780. The van der Waals surface area contributed by atoms with Crippen molar-refractivity contribution in [2.24, 2.45) is 11.3 Å². The maximum absolute atomic E-state index is 12.6. The van der Waals surface area contributed by atoms with Gasteiger partial charge in [-0.05, 0) is 65.2 Å². The Bertz CT molecular complexity index is 532. The average molecular weight is 368 g/mol. The first-order valence-corrected chi connectivity index (χ1v) is 10.5. The van der Waals surface area contributed by atoms with Crippen LogP contribution in [0.25, 0.3) is 0 Å². The summed E-state index contributed by atoms with van der Waals surface area (Å²) in [7, 11) is 0. The molecule has 0 heterocycles. The molecule has 2 aliphatic rings. The van der Waals surface area contributed by atoms with E-state index in [1.165, 1.54) is 12.8 Å². The van der Waals surface area contributed by atoms with Crippen molar-refractivity contribution >= 4 is 17.3 Å².